The van der Waals surface area contributed by atoms with Crippen LogP contribution in [0.1, 0.15) is 49.5 Å². The molecule has 0 spiro atoms. The smallest absolute Gasteiger partial charge is 0.253 e. The molecule has 200 valence electrons. The zero-order valence-electron chi connectivity index (χ0n) is 21.7. The molecule has 0 bridgehead atoms. The van der Waals surface area contributed by atoms with Gasteiger partial charge in [-0.3, -0.25) is 9.69 Å². The molecule has 0 radical (unpaired) electrons. The Labute approximate surface area is 229 Å². The third kappa shape index (κ3) is 4.88. The predicted molar refractivity (Wildman–Crippen MR) is 145 cm³/mol. The lowest BCUT2D eigenvalue weighted by molar-refractivity contribution is 0.171. The van der Waals surface area contributed by atoms with Crippen LogP contribution < -0.4 is 15.0 Å². The third-order valence-electron chi connectivity index (χ3n) is 6.67. The van der Waals surface area contributed by atoms with Gasteiger partial charge in [-0.05, 0) is 67.1 Å². The summed E-state index contributed by atoms with van der Waals surface area (Å²) in [6.07, 6.45) is 1.63. The van der Waals surface area contributed by atoms with Crippen LogP contribution in [0.25, 0.3) is 10.9 Å². The summed E-state index contributed by atoms with van der Waals surface area (Å²) in [7, 11) is 0. The van der Waals surface area contributed by atoms with E-state index in [-0.39, 0.29) is 12.4 Å². The fourth-order valence-electron chi connectivity index (χ4n) is 4.84. The van der Waals surface area contributed by atoms with Crippen molar-refractivity contribution in [3.63, 3.8) is 0 Å². The van der Waals surface area contributed by atoms with E-state index in [2.05, 4.69) is 25.4 Å². The average molecular weight is 547 g/mol. The SMILES string of the molecule is CC(C)(C)n1nnnc1C(c1cc2cc3c(cc2[nH]c1=O)OCO3)N(Cc1ccco1)Cc1ccccc1Cl. The van der Waals surface area contributed by atoms with E-state index < -0.39 is 11.6 Å². The highest BCUT2D eigenvalue weighted by atomic mass is 35.5. The molecule has 0 aliphatic carbocycles. The van der Waals surface area contributed by atoms with Crippen LogP contribution in [0.2, 0.25) is 5.02 Å². The molecule has 1 unspecified atom stereocenters. The Balaban J connectivity index is 1.56. The van der Waals surface area contributed by atoms with Crippen LogP contribution in [-0.4, -0.2) is 36.9 Å². The lowest BCUT2D eigenvalue weighted by atomic mass is 10.0. The van der Waals surface area contributed by atoms with Crippen molar-refractivity contribution in [3.8, 4) is 11.5 Å². The third-order valence-corrected chi connectivity index (χ3v) is 7.04. The molecule has 11 heteroatoms. The summed E-state index contributed by atoms with van der Waals surface area (Å²) in [4.78, 5) is 18.9. The predicted octanol–water partition coefficient (Wildman–Crippen LogP) is 5.04. The van der Waals surface area contributed by atoms with Crippen molar-refractivity contribution in [2.75, 3.05) is 6.79 Å². The maximum atomic E-state index is 13.8. The molecule has 0 fully saturated rings. The van der Waals surface area contributed by atoms with E-state index in [1.54, 1.807) is 17.0 Å². The van der Waals surface area contributed by atoms with Crippen LogP contribution in [0.15, 0.2) is 70.1 Å². The number of halogens is 1. The van der Waals surface area contributed by atoms with Crippen molar-refractivity contribution in [1.82, 2.24) is 30.1 Å². The second-order valence-corrected chi connectivity index (χ2v) is 10.9. The minimum absolute atomic E-state index is 0.139. The number of nitrogens with one attached hydrogen (secondary N) is 1. The molecule has 0 amide bonds. The quantitative estimate of drug-likeness (QED) is 0.302. The molecule has 4 heterocycles. The second-order valence-electron chi connectivity index (χ2n) is 10.4. The second kappa shape index (κ2) is 9.87. The van der Waals surface area contributed by atoms with Gasteiger partial charge in [-0.1, -0.05) is 29.8 Å². The van der Waals surface area contributed by atoms with Gasteiger partial charge in [-0.25, -0.2) is 4.68 Å². The lowest BCUT2D eigenvalue weighted by Crippen LogP contribution is -2.37. The van der Waals surface area contributed by atoms with Crippen molar-refractivity contribution in [3.05, 3.63) is 98.9 Å². The number of fused-ring (bicyclic) bond motifs is 2. The number of tetrazole rings is 1. The molecule has 1 N–H and O–H groups in total. The van der Waals surface area contributed by atoms with Gasteiger partial charge >= 0.3 is 0 Å². The number of hydrogen-bond donors (Lipinski definition) is 1. The van der Waals surface area contributed by atoms with Gasteiger partial charge < -0.3 is 18.9 Å². The molecule has 2 aromatic carbocycles. The maximum Gasteiger partial charge on any atom is 0.253 e. The Kier molecular flexibility index (Phi) is 6.36. The number of hydrogen-bond acceptors (Lipinski definition) is 8. The fraction of sp³-hybridized carbons (Fsp3) is 0.286. The normalized spacial score (nSPS) is 13.9. The number of benzene rings is 2. The highest BCUT2D eigenvalue weighted by Crippen LogP contribution is 2.37. The molecule has 0 saturated carbocycles. The van der Waals surface area contributed by atoms with Gasteiger partial charge in [-0.15, -0.1) is 5.10 Å². The van der Waals surface area contributed by atoms with Gasteiger partial charge in [-0.2, -0.15) is 0 Å². The maximum absolute atomic E-state index is 13.8. The molecule has 1 aliphatic heterocycles. The van der Waals surface area contributed by atoms with E-state index in [4.69, 9.17) is 25.5 Å². The van der Waals surface area contributed by atoms with Crippen LogP contribution >= 0.6 is 11.6 Å². The van der Waals surface area contributed by atoms with Crippen LogP contribution in [0.5, 0.6) is 11.5 Å². The fourth-order valence-corrected chi connectivity index (χ4v) is 5.04. The first kappa shape index (κ1) is 25.1. The van der Waals surface area contributed by atoms with Crippen LogP contribution in [0.4, 0.5) is 0 Å². The van der Waals surface area contributed by atoms with Crippen molar-refractivity contribution in [1.29, 1.82) is 0 Å². The van der Waals surface area contributed by atoms with Crippen LogP contribution in [-0.2, 0) is 18.6 Å². The van der Waals surface area contributed by atoms with Gasteiger partial charge in [0.05, 0.1) is 23.9 Å². The summed E-state index contributed by atoms with van der Waals surface area (Å²) >= 11 is 6.60. The van der Waals surface area contributed by atoms with Crippen LogP contribution in [0.3, 0.4) is 0 Å². The Morgan fingerprint density at radius 1 is 1.08 bits per heavy atom. The molecule has 1 atom stereocenters. The minimum atomic E-state index is -0.654. The zero-order valence-corrected chi connectivity index (χ0v) is 22.5. The van der Waals surface area contributed by atoms with Gasteiger partial charge in [0.15, 0.2) is 17.3 Å². The zero-order chi connectivity index (χ0) is 27.1. The van der Waals surface area contributed by atoms with Crippen molar-refractivity contribution >= 4 is 22.5 Å². The molecular formula is C28H27ClN6O4. The molecule has 10 nitrogen and oxygen atoms in total. The Hall–Kier alpha value is -4.15. The first-order valence-electron chi connectivity index (χ1n) is 12.5. The van der Waals surface area contributed by atoms with E-state index in [9.17, 15) is 4.79 Å². The standard InChI is InChI=1S/C28H27ClN6O4/c1-28(2,3)35-26(31-32-33-35)25(20-11-18-12-23-24(39-16-38-23)13-22(18)30-27(20)36)34(15-19-8-6-10-37-19)14-17-7-4-5-9-21(17)29/h4-13,25H,14-16H2,1-3H3,(H,30,36). The van der Waals surface area contributed by atoms with E-state index in [1.165, 1.54) is 0 Å². The van der Waals surface area contributed by atoms with Crippen molar-refractivity contribution in [2.24, 2.45) is 0 Å². The number of aromatic amines is 1. The molecule has 3 aromatic heterocycles. The van der Waals surface area contributed by atoms with E-state index in [0.717, 1.165) is 16.7 Å². The minimum Gasteiger partial charge on any atom is -0.468 e. The van der Waals surface area contributed by atoms with Crippen molar-refractivity contribution in [2.45, 2.75) is 45.4 Å². The number of furan rings is 1. The molecule has 0 saturated heterocycles. The van der Waals surface area contributed by atoms with Crippen molar-refractivity contribution < 1.29 is 13.9 Å². The summed E-state index contributed by atoms with van der Waals surface area (Å²) < 4.78 is 18.6. The summed E-state index contributed by atoms with van der Waals surface area (Å²) in [5, 5.41) is 14.2. The van der Waals surface area contributed by atoms with Gasteiger partial charge in [0.25, 0.3) is 5.56 Å². The number of aromatic nitrogens is 5. The number of H-pyrrole nitrogens is 1. The highest BCUT2D eigenvalue weighted by molar-refractivity contribution is 6.31. The molecule has 6 rings (SSSR count). The first-order valence-corrected chi connectivity index (χ1v) is 12.9. The monoisotopic (exact) mass is 546 g/mol. The summed E-state index contributed by atoms with van der Waals surface area (Å²) in [6.45, 7) is 6.96. The highest BCUT2D eigenvalue weighted by Gasteiger charge is 2.34. The first-order chi connectivity index (χ1) is 18.8. The topological polar surface area (TPSA) is 111 Å². The summed E-state index contributed by atoms with van der Waals surface area (Å²) in [6, 6.07) is 16.2. The lowest BCUT2D eigenvalue weighted by Gasteiger charge is -2.32. The Bertz CT molecular complexity index is 1690. The summed E-state index contributed by atoms with van der Waals surface area (Å²) in [5.41, 5.74) is 1.30. The number of pyridine rings is 1. The van der Waals surface area contributed by atoms with Gasteiger partial charge in [0.2, 0.25) is 6.79 Å². The van der Waals surface area contributed by atoms with E-state index in [0.29, 0.717) is 46.5 Å². The largest absolute Gasteiger partial charge is 0.468 e. The molecule has 5 aromatic rings. The van der Waals surface area contributed by atoms with Crippen LogP contribution in [0, 0.1) is 0 Å². The molecule has 39 heavy (non-hydrogen) atoms. The molecular weight excluding hydrogens is 520 g/mol. The summed E-state index contributed by atoms with van der Waals surface area (Å²) in [5.74, 6) is 2.46. The molecule has 1 aliphatic rings. The van der Waals surface area contributed by atoms with Gasteiger partial charge in [0, 0.05) is 28.6 Å². The van der Waals surface area contributed by atoms with E-state index in [1.807, 2.05) is 69.3 Å². The number of rotatable bonds is 7. The number of nitrogens with zero attached hydrogens (tertiary/aromatic N) is 5. The Morgan fingerprint density at radius 2 is 1.87 bits per heavy atom. The number of ether oxygens (including phenoxy) is 2. The van der Waals surface area contributed by atoms with Gasteiger partial charge in [0.1, 0.15) is 11.8 Å². The Morgan fingerprint density at radius 3 is 2.62 bits per heavy atom. The van der Waals surface area contributed by atoms with E-state index >= 15 is 0 Å². The average Bonchev–Trinajstić information content (AvgIpc) is 3.66.